The number of nitrogens with zero attached hydrogens (tertiary/aromatic N) is 2. The van der Waals surface area contributed by atoms with E-state index in [1.165, 1.54) is 22.7 Å². The van der Waals surface area contributed by atoms with Gasteiger partial charge in [0.2, 0.25) is 0 Å². The molecule has 0 fully saturated rings. The highest BCUT2D eigenvalue weighted by atomic mass is 16.5. The SMILES string of the molecule is C=C(C)Cn1ccc2c(CCC)c(OCc3cccc(-c4cncc(C(=O)O)c4)c3)ccc21. The van der Waals surface area contributed by atoms with Crippen LogP contribution in [0.1, 0.15) is 41.8 Å². The van der Waals surface area contributed by atoms with Gasteiger partial charge in [-0.15, -0.1) is 0 Å². The van der Waals surface area contributed by atoms with Crippen LogP contribution in [-0.2, 0) is 19.6 Å². The molecule has 0 radical (unpaired) electrons. The van der Waals surface area contributed by atoms with Gasteiger partial charge in [-0.2, -0.15) is 0 Å². The average Bonchev–Trinajstić information content (AvgIpc) is 3.21. The summed E-state index contributed by atoms with van der Waals surface area (Å²) in [6.07, 6.45) is 7.12. The van der Waals surface area contributed by atoms with Gasteiger partial charge in [0, 0.05) is 47.2 Å². The van der Waals surface area contributed by atoms with Gasteiger partial charge in [0.05, 0.1) is 5.56 Å². The molecule has 5 nitrogen and oxygen atoms in total. The Morgan fingerprint density at radius 2 is 1.97 bits per heavy atom. The molecule has 0 unspecified atom stereocenters. The first-order valence-electron chi connectivity index (χ1n) is 11.1. The Hall–Kier alpha value is -3.86. The van der Waals surface area contributed by atoms with E-state index < -0.39 is 5.97 Å². The minimum atomic E-state index is -0.986. The number of carbonyl (C=O) groups is 1. The second-order valence-electron chi connectivity index (χ2n) is 8.38. The number of carboxylic acid groups (broad SMARTS) is 1. The Balaban J connectivity index is 1.59. The second kappa shape index (κ2) is 9.74. The number of fused-ring (bicyclic) bond motifs is 1. The zero-order chi connectivity index (χ0) is 23.4. The molecule has 2 heterocycles. The van der Waals surface area contributed by atoms with Crippen molar-refractivity contribution >= 4 is 16.9 Å². The van der Waals surface area contributed by atoms with Crippen LogP contribution in [0.5, 0.6) is 5.75 Å². The van der Waals surface area contributed by atoms with Gasteiger partial charge in [0.25, 0.3) is 0 Å². The topological polar surface area (TPSA) is 64.4 Å². The highest BCUT2D eigenvalue weighted by molar-refractivity contribution is 5.89. The third kappa shape index (κ3) is 4.98. The Morgan fingerprint density at radius 3 is 2.73 bits per heavy atom. The van der Waals surface area contributed by atoms with E-state index >= 15 is 0 Å². The normalized spacial score (nSPS) is 11.0. The summed E-state index contributed by atoms with van der Waals surface area (Å²) in [5.41, 5.74) is 6.40. The molecule has 0 amide bonds. The van der Waals surface area contributed by atoms with E-state index in [2.05, 4.69) is 47.4 Å². The fourth-order valence-corrected chi connectivity index (χ4v) is 4.10. The first kappa shape index (κ1) is 22.3. The maximum absolute atomic E-state index is 11.3. The van der Waals surface area contributed by atoms with Crippen LogP contribution in [0.15, 0.2) is 79.3 Å². The van der Waals surface area contributed by atoms with Crippen LogP contribution in [0, 0.1) is 0 Å². The van der Waals surface area contributed by atoms with Gasteiger partial charge < -0.3 is 14.4 Å². The Bertz CT molecular complexity index is 1320. The molecular formula is C28H28N2O3. The molecule has 0 atom stereocenters. The van der Waals surface area contributed by atoms with Crippen molar-refractivity contribution in [3.63, 3.8) is 0 Å². The Kier molecular flexibility index (Phi) is 6.59. The maximum Gasteiger partial charge on any atom is 0.337 e. The maximum atomic E-state index is 11.3. The molecule has 4 rings (SSSR count). The van der Waals surface area contributed by atoms with Crippen molar-refractivity contribution in [1.29, 1.82) is 0 Å². The summed E-state index contributed by atoms with van der Waals surface area (Å²) in [5, 5.41) is 10.5. The molecule has 0 bridgehead atoms. The number of benzene rings is 2. The molecule has 0 saturated heterocycles. The van der Waals surface area contributed by atoms with Gasteiger partial charge in [0.15, 0.2) is 0 Å². The summed E-state index contributed by atoms with van der Waals surface area (Å²) in [4.78, 5) is 15.3. The number of ether oxygens (including phenoxy) is 1. The number of hydrogen-bond acceptors (Lipinski definition) is 3. The highest BCUT2D eigenvalue weighted by Gasteiger charge is 2.12. The molecule has 2 aromatic carbocycles. The van der Waals surface area contributed by atoms with E-state index in [0.717, 1.165) is 47.4 Å². The standard InChI is InChI=1S/C28H28N2O3/c1-4-6-25-24-11-12-30(17-19(2)3)26(24)9-10-27(25)33-18-20-7-5-8-21(13-20)22-14-23(28(31)32)16-29-15-22/h5,7-16H,2,4,6,17-18H2,1,3H3,(H,31,32). The van der Waals surface area contributed by atoms with Crippen molar-refractivity contribution in [3.05, 3.63) is 96.0 Å². The van der Waals surface area contributed by atoms with Gasteiger partial charge in [0.1, 0.15) is 12.4 Å². The van der Waals surface area contributed by atoms with E-state index in [9.17, 15) is 9.90 Å². The Labute approximate surface area is 194 Å². The smallest absolute Gasteiger partial charge is 0.337 e. The lowest BCUT2D eigenvalue weighted by Gasteiger charge is -2.14. The molecule has 0 aliphatic rings. The molecule has 33 heavy (non-hydrogen) atoms. The van der Waals surface area contributed by atoms with Crippen LogP contribution in [0.2, 0.25) is 0 Å². The van der Waals surface area contributed by atoms with E-state index in [1.54, 1.807) is 12.3 Å². The summed E-state index contributed by atoms with van der Waals surface area (Å²) in [6.45, 7) is 9.49. The number of rotatable bonds is 9. The summed E-state index contributed by atoms with van der Waals surface area (Å²) in [5.74, 6) is -0.0860. The average molecular weight is 441 g/mol. The number of hydrogen-bond donors (Lipinski definition) is 1. The summed E-state index contributed by atoms with van der Waals surface area (Å²) < 4.78 is 8.52. The molecule has 0 spiro atoms. The predicted molar refractivity (Wildman–Crippen MR) is 132 cm³/mol. The molecule has 5 heteroatoms. The number of aromatic carboxylic acids is 1. The van der Waals surface area contributed by atoms with E-state index in [4.69, 9.17) is 4.74 Å². The number of pyridine rings is 1. The summed E-state index contributed by atoms with van der Waals surface area (Å²) in [6, 6.07) is 15.9. The molecular weight excluding hydrogens is 412 g/mol. The summed E-state index contributed by atoms with van der Waals surface area (Å²) >= 11 is 0. The minimum absolute atomic E-state index is 0.172. The number of allylic oxidation sites excluding steroid dienone is 1. The third-order valence-electron chi connectivity index (χ3n) is 5.60. The van der Waals surface area contributed by atoms with Crippen molar-refractivity contribution in [2.45, 2.75) is 39.8 Å². The number of aromatic nitrogens is 2. The van der Waals surface area contributed by atoms with Gasteiger partial charge in [-0.05, 0) is 54.8 Å². The van der Waals surface area contributed by atoms with Gasteiger partial charge in [-0.3, -0.25) is 4.98 Å². The van der Waals surface area contributed by atoms with E-state index in [1.807, 2.05) is 31.2 Å². The number of carboxylic acids is 1. The van der Waals surface area contributed by atoms with Crippen LogP contribution in [-0.4, -0.2) is 20.6 Å². The van der Waals surface area contributed by atoms with Gasteiger partial charge in [-0.25, -0.2) is 4.79 Å². The molecule has 4 aromatic rings. The largest absolute Gasteiger partial charge is 0.489 e. The van der Waals surface area contributed by atoms with Gasteiger partial charge >= 0.3 is 5.97 Å². The lowest BCUT2D eigenvalue weighted by atomic mass is 10.0. The van der Waals surface area contributed by atoms with Crippen LogP contribution in [0.4, 0.5) is 0 Å². The lowest BCUT2D eigenvalue weighted by Crippen LogP contribution is -2.01. The Morgan fingerprint density at radius 1 is 1.12 bits per heavy atom. The quantitative estimate of drug-likeness (QED) is 0.301. The first-order valence-corrected chi connectivity index (χ1v) is 11.1. The molecule has 2 aromatic heterocycles. The molecule has 1 N–H and O–H groups in total. The van der Waals surface area contributed by atoms with E-state index in [-0.39, 0.29) is 5.56 Å². The number of aryl methyl sites for hydroxylation is 1. The third-order valence-corrected chi connectivity index (χ3v) is 5.60. The summed E-state index contributed by atoms with van der Waals surface area (Å²) in [7, 11) is 0. The molecule has 168 valence electrons. The van der Waals surface area contributed by atoms with Crippen LogP contribution in [0.3, 0.4) is 0 Å². The minimum Gasteiger partial charge on any atom is -0.489 e. The first-order chi connectivity index (χ1) is 16.0. The van der Waals surface area contributed by atoms with Crippen molar-refractivity contribution in [3.8, 4) is 16.9 Å². The molecule has 0 aliphatic carbocycles. The lowest BCUT2D eigenvalue weighted by molar-refractivity contribution is 0.0696. The van der Waals surface area contributed by atoms with Crippen molar-refractivity contribution in [2.24, 2.45) is 0 Å². The zero-order valence-corrected chi connectivity index (χ0v) is 19.0. The molecule has 0 aliphatic heterocycles. The zero-order valence-electron chi connectivity index (χ0n) is 19.0. The van der Waals surface area contributed by atoms with E-state index in [0.29, 0.717) is 6.61 Å². The van der Waals surface area contributed by atoms with Crippen LogP contribution in [0.25, 0.3) is 22.0 Å². The van der Waals surface area contributed by atoms with Gasteiger partial charge in [-0.1, -0.05) is 43.7 Å². The van der Waals surface area contributed by atoms with Crippen LogP contribution < -0.4 is 4.74 Å². The second-order valence-corrected chi connectivity index (χ2v) is 8.38. The molecule has 0 saturated carbocycles. The van der Waals surface area contributed by atoms with Crippen molar-refractivity contribution in [2.75, 3.05) is 0 Å². The van der Waals surface area contributed by atoms with Crippen molar-refractivity contribution < 1.29 is 14.6 Å². The fourth-order valence-electron chi connectivity index (χ4n) is 4.10. The van der Waals surface area contributed by atoms with Crippen LogP contribution >= 0.6 is 0 Å². The highest BCUT2D eigenvalue weighted by Crippen LogP contribution is 2.31. The fraction of sp³-hybridized carbons (Fsp3) is 0.214. The predicted octanol–water partition coefficient (Wildman–Crippen LogP) is 6.51. The van der Waals surface area contributed by atoms with Crippen molar-refractivity contribution in [1.82, 2.24) is 9.55 Å². The monoisotopic (exact) mass is 440 g/mol.